The van der Waals surface area contributed by atoms with Crippen LogP contribution in [0.1, 0.15) is 19.8 Å². The van der Waals surface area contributed by atoms with Gasteiger partial charge in [0, 0.05) is 25.1 Å². The van der Waals surface area contributed by atoms with Crippen molar-refractivity contribution in [2.45, 2.75) is 25.8 Å². The van der Waals surface area contributed by atoms with Gasteiger partial charge < -0.3 is 10.1 Å². The van der Waals surface area contributed by atoms with Crippen molar-refractivity contribution in [2.75, 3.05) is 25.6 Å². The van der Waals surface area contributed by atoms with E-state index in [9.17, 15) is 0 Å². The maximum Gasteiger partial charge on any atom is 0.0507 e. The monoisotopic (exact) mass is 191 g/mol. The van der Waals surface area contributed by atoms with Gasteiger partial charge in [0.15, 0.2) is 0 Å². The molecule has 1 aliphatic rings. The van der Waals surface area contributed by atoms with E-state index >= 15 is 0 Å². The maximum absolute atomic E-state index is 5.63. The SMILES string of the molecule is CC(CCCl)NCC1CCOC1. The molecule has 0 saturated carbocycles. The van der Waals surface area contributed by atoms with Crippen molar-refractivity contribution < 1.29 is 4.74 Å². The molecule has 1 N–H and O–H groups in total. The number of hydrogen-bond acceptors (Lipinski definition) is 2. The maximum atomic E-state index is 5.63. The average molecular weight is 192 g/mol. The summed E-state index contributed by atoms with van der Waals surface area (Å²) in [6.45, 7) is 5.13. The number of rotatable bonds is 5. The van der Waals surface area contributed by atoms with Crippen LogP contribution in [0.3, 0.4) is 0 Å². The third kappa shape index (κ3) is 3.74. The van der Waals surface area contributed by atoms with Crippen molar-refractivity contribution in [1.29, 1.82) is 0 Å². The lowest BCUT2D eigenvalue weighted by Gasteiger charge is -2.14. The Kier molecular flexibility index (Phi) is 4.96. The fourth-order valence-electron chi connectivity index (χ4n) is 1.38. The first kappa shape index (κ1) is 10.3. The minimum atomic E-state index is 0.545. The number of hydrogen-bond donors (Lipinski definition) is 1. The van der Waals surface area contributed by atoms with E-state index in [1.165, 1.54) is 6.42 Å². The molecule has 2 unspecified atom stereocenters. The lowest BCUT2D eigenvalue weighted by atomic mass is 10.1. The Labute approximate surface area is 79.6 Å². The smallest absolute Gasteiger partial charge is 0.0507 e. The second-order valence-electron chi connectivity index (χ2n) is 3.52. The van der Waals surface area contributed by atoms with E-state index in [2.05, 4.69) is 12.2 Å². The van der Waals surface area contributed by atoms with Crippen LogP contribution in [0.5, 0.6) is 0 Å². The summed E-state index contributed by atoms with van der Waals surface area (Å²) in [4.78, 5) is 0. The second-order valence-corrected chi connectivity index (χ2v) is 3.89. The van der Waals surface area contributed by atoms with Gasteiger partial charge in [-0.3, -0.25) is 0 Å². The Bertz CT molecular complexity index is 115. The Morgan fingerprint density at radius 2 is 2.50 bits per heavy atom. The van der Waals surface area contributed by atoms with E-state index in [0.717, 1.165) is 38.0 Å². The van der Waals surface area contributed by atoms with Gasteiger partial charge in [0.2, 0.25) is 0 Å². The fraction of sp³-hybridized carbons (Fsp3) is 1.00. The van der Waals surface area contributed by atoms with Crippen molar-refractivity contribution in [3.63, 3.8) is 0 Å². The zero-order chi connectivity index (χ0) is 8.81. The predicted molar refractivity (Wildman–Crippen MR) is 51.7 cm³/mol. The molecule has 0 bridgehead atoms. The molecule has 0 amide bonds. The first-order valence-electron chi connectivity index (χ1n) is 4.70. The van der Waals surface area contributed by atoms with Gasteiger partial charge >= 0.3 is 0 Å². The van der Waals surface area contributed by atoms with Crippen molar-refractivity contribution in [3.05, 3.63) is 0 Å². The summed E-state index contributed by atoms with van der Waals surface area (Å²) in [6, 6.07) is 0.545. The molecule has 0 aromatic rings. The summed E-state index contributed by atoms with van der Waals surface area (Å²) >= 11 is 5.63. The van der Waals surface area contributed by atoms with Gasteiger partial charge in [0.25, 0.3) is 0 Å². The molecule has 0 aromatic carbocycles. The van der Waals surface area contributed by atoms with E-state index < -0.39 is 0 Å². The molecule has 0 spiro atoms. The van der Waals surface area contributed by atoms with E-state index in [0.29, 0.717) is 6.04 Å². The standard InChI is InChI=1S/C9H18ClNO/c1-8(2-4-10)11-6-9-3-5-12-7-9/h8-9,11H,2-7H2,1H3. The largest absolute Gasteiger partial charge is 0.381 e. The van der Waals surface area contributed by atoms with E-state index in [1.807, 2.05) is 0 Å². The molecule has 0 radical (unpaired) electrons. The molecule has 0 aliphatic carbocycles. The molecule has 1 aliphatic heterocycles. The lowest BCUT2D eigenvalue weighted by molar-refractivity contribution is 0.184. The van der Waals surface area contributed by atoms with Crippen molar-refractivity contribution >= 4 is 11.6 Å². The first-order valence-corrected chi connectivity index (χ1v) is 5.23. The minimum absolute atomic E-state index is 0.545. The van der Waals surface area contributed by atoms with Crippen LogP contribution in [0.4, 0.5) is 0 Å². The molecular formula is C9H18ClNO. The summed E-state index contributed by atoms with van der Waals surface area (Å²) in [5.41, 5.74) is 0. The number of ether oxygens (including phenoxy) is 1. The summed E-state index contributed by atoms with van der Waals surface area (Å²) < 4.78 is 5.28. The second kappa shape index (κ2) is 5.79. The molecular weight excluding hydrogens is 174 g/mol. The highest BCUT2D eigenvalue weighted by Gasteiger charge is 2.15. The molecule has 12 heavy (non-hydrogen) atoms. The van der Waals surface area contributed by atoms with E-state index in [1.54, 1.807) is 0 Å². The van der Waals surface area contributed by atoms with Crippen LogP contribution in [-0.4, -0.2) is 31.7 Å². The Morgan fingerprint density at radius 1 is 1.67 bits per heavy atom. The summed E-state index contributed by atoms with van der Waals surface area (Å²) in [5.74, 6) is 1.47. The van der Waals surface area contributed by atoms with Gasteiger partial charge in [-0.05, 0) is 25.7 Å². The lowest BCUT2D eigenvalue weighted by Crippen LogP contribution is -2.31. The molecule has 1 fully saturated rings. The van der Waals surface area contributed by atoms with Crippen LogP contribution < -0.4 is 5.32 Å². The molecule has 72 valence electrons. The zero-order valence-corrected chi connectivity index (χ0v) is 8.44. The number of halogens is 1. The Hall–Kier alpha value is 0.210. The van der Waals surface area contributed by atoms with Gasteiger partial charge in [-0.1, -0.05) is 0 Å². The Morgan fingerprint density at radius 3 is 3.08 bits per heavy atom. The number of nitrogens with one attached hydrogen (secondary N) is 1. The van der Waals surface area contributed by atoms with E-state index in [4.69, 9.17) is 16.3 Å². The highest BCUT2D eigenvalue weighted by Crippen LogP contribution is 2.11. The van der Waals surface area contributed by atoms with Gasteiger partial charge in [0.05, 0.1) is 6.61 Å². The molecule has 1 rings (SSSR count). The predicted octanol–water partition coefficient (Wildman–Crippen LogP) is 1.63. The summed E-state index contributed by atoms with van der Waals surface area (Å²) in [5, 5.41) is 3.46. The van der Waals surface area contributed by atoms with Crippen LogP contribution in [0, 0.1) is 5.92 Å². The molecule has 1 heterocycles. The van der Waals surface area contributed by atoms with Gasteiger partial charge in [0.1, 0.15) is 0 Å². The normalized spacial score (nSPS) is 26.0. The zero-order valence-electron chi connectivity index (χ0n) is 7.68. The van der Waals surface area contributed by atoms with E-state index in [-0.39, 0.29) is 0 Å². The first-order chi connectivity index (χ1) is 5.83. The van der Waals surface area contributed by atoms with Crippen molar-refractivity contribution in [1.82, 2.24) is 5.32 Å². The third-order valence-electron chi connectivity index (χ3n) is 2.32. The summed E-state index contributed by atoms with van der Waals surface area (Å²) in [7, 11) is 0. The van der Waals surface area contributed by atoms with Crippen LogP contribution >= 0.6 is 11.6 Å². The fourth-order valence-corrected chi connectivity index (χ4v) is 1.71. The molecule has 2 nitrogen and oxygen atoms in total. The highest BCUT2D eigenvalue weighted by atomic mass is 35.5. The molecule has 1 saturated heterocycles. The van der Waals surface area contributed by atoms with Gasteiger partial charge in [-0.2, -0.15) is 0 Å². The van der Waals surface area contributed by atoms with Crippen LogP contribution in [0.25, 0.3) is 0 Å². The minimum Gasteiger partial charge on any atom is -0.381 e. The van der Waals surface area contributed by atoms with Crippen LogP contribution in [0.2, 0.25) is 0 Å². The van der Waals surface area contributed by atoms with Gasteiger partial charge in [-0.25, -0.2) is 0 Å². The number of alkyl halides is 1. The molecule has 3 heteroatoms. The quantitative estimate of drug-likeness (QED) is 0.668. The molecule has 0 aromatic heterocycles. The van der Waals surface area contributed by atoms with Crippen LogP contribution in [0.15, 0.2) is 0 Å². The van der Waals surface area contributed by atoms with Gasteiger partial charge in [-0.15, -0.1) is 11.6 Å². The highest BCUT2D eigenvalue weighted by molar-refractivity contribution is 6.17. The van der Waals surface area contributed by atoms with Crippen molar-refractivity contribution in [3.8, 4) is 0 Å². The average Bonchev–Trinajstić information content (AvgIpc) is 2.53. The topological polar surface area (TPSA) is 21.3 Å². The summed E-state index contributed by atoms with van der Waals surface area (Å²) in [6.07, 6.45) is 2.26. The third-order valence-corrected chi connectivity index (χ3v) is 2.54. The molecule has 2 atom stereocenters. The van der Waals surface area contributed by atoms with Crippen LogP contribution in [-0.2, 0) is 4.74 Å². The van der Waals surface area contributed by atoms with Crippen molar-refractivity contribution in [2.24, 2.45) is 5.92 Å². The Balaban J connectivity index is 1.99.